The lowest BCUT2D eigenvalue weighted by Crippen LogP contribution is -2.29. The Bertz CT molecular complexity index is 928. The van der Waals surface area contributed by atoms with Crippen molar-refractivity contribution in [2.75, 3.05) is 13.1 Å². The van der Waals surface area contributed by atoms with E-state index in [0.29, 0.717) is 6.54 Å². The van der Waals surface area contributed by atoms with Gasteiger partial charge >= 0.3 is 0 Å². The molecule has 3 aromatic rings. The number of nitrogens with zero attached hydrogens (tertiary/aromatic N) is 5. The van der Waals surface area contributed by atoms with E-state index >= 15 is 0 Å². The summed E-state index contributed by atoms with van der Waals surface area (Å²) in [5, 5.41) is 0.760. The van der Waals surface area contributed by atoms with Crippen molar-refractivity contribution in [2.45, 2.75) is 26.4 Å². The van der Waals surface area contributed by atoms with Crippen molar-refractivity contribution in [1.82, 2.24) is 24.0 Å². The highest BCUT2D eigenvalue weighted by molar-refractivity contribution is 7.18. The molecule has 0 aliphatic carbocycles. The molecule has 4 rings (SSSR count). The molecule has 0 N–H and O–H groups in total. The van der Waals surface area contributed by atoms with E-state index in [1.54, 1.807) is 11.3 Å². The molecule has 0 aromatic carbocycles. The number of thiophene rings is 1. The molecule has 1 aliphatic heterocycles. The molecular formula is C16H20ClN5OS. The summed E-state index contributed by atoms with van der Waals surface area (Å²) in [5.41, 5.74) is 1.30. The van der Waals surface area contributed by atoms with Crippen molar-refractivity contribution in [2.24, 2.45) is 7.05 Å². The number of rotatable bonds is 2. The van der Waals surface area contributed by atoms with Gasteiger partial charge in [0.25, 0.3) is 5.56 Å². The van der Waals surface area contributed by atoms with Crippen LogP contribution in [0, 0.1) is 6.92 Å². The molecule has 0 saturated carbocycles. The highest BCUT2D eigenvalue weighted by Crippen LogP contribution is 2.21. The fourth-order valence-electron chi connectivity index (χ4n) is 3.14. The molecule has 0 spiro atoms. The molecule has 3 aromatic heterocycles. The summed E-state index contributed by atoms with van der Waals surface area (Å²) < 4.78 is 3.90. The van der Waals surface area contributed by atoms with Gasteiger partial charge in [-0.15, -0.1) is 23.7 Å². The maximum Gasteiger partial charge on any atom is 0.262 e. The van der Waals surface area contributed by atoms with E-state index in [1.165, 1.54) is 5.69 Å². The topological polar surface area (TPSA) is 56.0 Å². The Labute approximate surface area is 150 Å². The molecule has 0 amide bonds. The summed E-state index contributed by atoms with van der Waals surface area (Å²) >= 11 is 1.60. The maximum absolute atomic E-state index is 12.7. The summed E-state index contributed by atoms with van der Waals surface area (Å²) in [7, 11) is 2.01. The first kappa shape index (κ1) is 17.1. The van der Waals surface area contributed by atoms with Crippen LogP contribution in [0.5, 0.6) is 0 Å². The standard InChI is InChI=1S/C16H19N5OS.ClH/c1-11-7-13-15(23-11)18-14-3-4-20(5-6-21(14)16(13)22)9-12-8-17-10-19(12)2;/h7-8,10H,3-6,9H2,1-2H3;1H. The van der Waals surface area contributed by atoms with Gasteiger partial charge in [-0.25, -0.2) is 9.97 Å². The van der Waals surface area contributed by atoms with E-state index < -0.39 is 0 Å². The number of fused-ring (bicyclic) bond motifs is 2. The molecule has 0 fully saturated rings. The van der Waals surface area contributed by atoms with Crippen molar-refractivity contribution in [3.8, 4) is 0 Å². The fourth-order valence-corrected chi connectivity index (χ4v) is 4.02. The van der Waals surface area contributed by atoms with E-state index in [-0.39, 0.29) is 18.0 Å². The summed E-state index contributed by atoms with van der Waals surface area (Å²) in [6.45, 7) is 5.34. The lowest BCUT2D eigenvalue weighted by atomic mass is 10.3. The number of hydrogen-bond acceptors (Lipinski definition) is 5. The van der Waals surface area contributed by atoms with Crippen molar-refractivity contribution in [1.29, 1.82) is 0 Å². The molecule has 0 unspecified atom stereocenters. The predicted molar refractivity (Wildman–Crippen MR) is 98.1 cm³/mol. The first-order chi connectivity index (χ1) is 11.1. The lowest BCUT2D eigenvalue weighted by molar-refractivity contribution is 0.265. The SMILES string of the molecule is Cc1cc2c(=O)n3c(nc2s1)CCN(Cc1cncn1C)CC3.Cl. The van der Waals surface area contributed by atoms with E-state index in [4.69, 9.17) is 4.98 Å². The Morgan fingerprint density at radius 1 is 1.29 bits per heavy atom. The number of aryl methyl sites for hydroxylation is 2. The molecule has 6 nitrogen and oxygen atoms in total. The highest BCUT2D eigenvalue weighted by atomic mass is 35.5. The third-order valence-electron chi connectivity index (χ3n) is 4.45. The average Bonchev–Trinajstić information content (AvgIpc) is 3.02. The normalized spacial score (nSPS) is 15.1. The van der Waals surface area contributed by atoms with Crippen molar-refractivity contribution in [3.63, 3.8) is 0 Å². The van der Waals surface area contributed by atoms with Crippen LogP contribution < -0.4 is 5.56 Å². The van der Waals surface area contributed by atoms with Gasteiger partial charge in [0.1, 0.15) is 10.7 Å². The van der Waals surface area contributed by atoms with Crippen LogP contribution in [-0.4, -0.2) is 37.1 Å². The molecule has 0 bridgehead atoms. The van der Waals surface area contributed by atoms with Crippen molar-refractivity contribution < 1.29 is 0 Å². The van der Waals surface area contributed by atoms with Gasteiger partial charge < -0.3 is 4.57 Å². The Kier molecular flexibility index (Phi) is 4.76. The second-order valence-electron chi connectivity index (χ2n) is 6.08. The van der Waals surface area contributed by atoms with Gasteiger partial charge in [-0.3, -0.25) is 14.3 Å². The Hall–Kier alpha value is -1.70. The largest absolute Gasteiger partial charge is 0.337 e. The molecule has 8 heteroatoms. The smallest absolute Gasteiger partial charge is 0.262 e. The van der Waals surface area contributed by atoms with Crippen LogP contribution in [0.4, 0.5) is 0 Å². The van der Waals surface area contributed by atoms with Crippen LogP contribution in [0.2, 0.25) is 0 Å². The van der Waals surface area contributed by atoms with Gasteiger partial charge in [-0.05, 0) is 13.0 Å². The molecule has 0 radical (unpaired) electrons. The summed E-state index contributed by atoms with van der Waals surface area (Å²) in [6.07, 6.45) is 4.53. The van der Waals surface area contributed by atoms with Gasteiger partial charge in [0.2, 0.25) is 0 Å². The zero-order chi connectivity index (χ0) is 16.0. The first-order valence-electron chi connectivity index (χ1n) is 7.79. The maximum atomic E-state index is 12.7. The molecule has 0 atom stereocenters. The minimum Gasteiger partial charge on any atom is -0.337 e. The summed E-state index contributed by atoms with van der Waals surface area (Å²) in [5.74, 6) is 0.914. The van der Waals surface area contributed by atoms with E-state index in [1.807, 2.05) is 41.7 Å². The molecule has 128 valence electrons. The van der Waals surface area contributed by atoms with E-state index in [9.17, 15) is 4.79 Å². The van der Waals surface area contributed by atoms with Crippen LogP contribution in [0.1, 0.15) is 16.4 Å². The van der Waals surface area contributed by atoms with Gasteiger partial charge in [-0.1, -0.05) is 0 Å². The molecule has 1 aliphatic rings. The van der Waals surface area contributed by atoms with Crippen molar-refractivity contribution >= 4 is 34.0 Å². The quantitative estimate of drug-likeness (QED) is 0.696. The van der Waals surface area contributed by atoms with E-state index in [2.05, 4.69) is 9.88 Å². The second-order valence-corrected chi connectivity index (χ2v) is 7.32. The average molecular weight is 366 g/mol. The van der Waals surface area contributed by atoms with Gasteiger partial charge in [0.05, 0.1) is 17.4 Å². The molecule has 0 saturated heterocycles. The van der Waals surface area contributed by atoms with Crippen LogP contribution >= 0.6 is 23.7 Å². The number of imidazole rings is 1. The summed E-state index contributed by atoms with van der Waals surface area (Å²) in [4.78, 5) is 26.0. The number of aromatic nitrogens is 4. The summed E-state index contributed by atoms with van der Waals surface area (Å²) in [6, 6.07) is 1.96. The highest BCUT2D eigenvalue weighted by Gasteiger charge is 2.19. The van der Waals surface area contributed by atoms with Crippen LogP contribution in [0.25, 0.3) is 10.2 Å². The van der Waals surface area contributed by atoms with Crippen LogP contribution in [0.15, 0.2) is 23.4 Å². The molecular weight excluding hydrogens is 346 g/mol. The lowest BCUT2D eigenvalue weighted by Gasteiger charge is -2.19. The third-order valence-corrected chi connectivity index (χ3v) is 5.39. The fraction of sp³-hybridized carbons (Fsp3) is 0.438. The first-order valence-corrected chi connectivity index (χ1v) is 8.61. The Morgan fingerprint density at radius 2 is 2.12 bits per heavy atom. The van der Waals surface area contributed by atoms with E-state index in [0.717, 1.165) is 47.0 Å². The minimum absolute atomic E-state index is 0. The predicted octanol–water partition coefficient (Wildman–Crippen LogP) is 1.98. The van der Waals surface area contributed by atoms with Crippen LogP contribution in [0.3, 0.4) is 0 Å². The second kappa shape index (κ2) is 6.66. The number of halogens is 1. The monoisotopic (exact) mass is 365 g/mol. The Morgan fingerprint density at radius 3 is 2.88 bits per heavy atom. The van der Waals surface area contributed by atoms with Gasteiger partial charge in [0.15, 0.2) is 0 Å². The van der Waals surface area contributed by atoms with Gasteiger partial charge in [0, 0.05) is 50.7 Å². The Balaban J connectivity index is 0.00000169. The van der Waals surface area contributed by atoms with Crippen LogP contribution in [-0.2, 0) is 26.6 Å². The molecule has 24 heavy (non-hydrogen) atoms. The zero-order valence-electron chi connectivity index (χ0n) is 13.7. The van der Waals surface area contributed by atoms with Gasteiger partial charge in [-0.2, -0.15) is 0 Å². The third kappa shape index (κ3) is 2.99. The molecule has 4 heterocycles. The zero-order valence-corrected chi connectivity index (χ0v) is 15.4. The minimum atomic E-state index is 0. The van der Waals surface area contributed by atoms with Crippen molar-refractivity contribution in [3.05, 3.63) is 45.3 Å². The number of hydrogen-bond donors (Lipinski definition) is 0.